The zero-order valence-electron chi connectivity index (χ0n) is 13.7. The van der Waals surface area contributed by atoms with Crippen LogP contribution >= 0.6 is 11.8 Å². The van der Waals surface area contributed by atoms with Crippen LogP contribution in [0.1, 0.15) is 30.2 Å². The van der Waals surface area contributed by atoms with E-state index in [0.29, 0.717) is 6.61 Å². The molecule has 1 unspecified atom stereocenters. The van der Waals surface area contributed by atoms with Crippen molar-refractivity contribution < 1.29 is 17.9 Å². The quantitative estimate of drug-likeness (QED) is 0.844. The molecule has 1 aromatic rings. The molecule has 0 bridgehead atoms. The molecule has 5 nitrogen and oxygen atoms in total. The van der Waals surface area contributed by atoms with Crippen LogP contribution in [0.25, 0.3) is 0 Å². The van der Waals surface area contributed by atoms with Crippen molar-refractivity contribution in [1.29, 1.82) is 0 Å². The molecule has 0 radical (unpaired) electrons. The smallest absolute Gasteiger partial charge is 0.251 e. The lowest BCUT2D eigenvalue weighted by Crippen LogP contribution is -2.41. The lowest BCUT2D eigenvalue weighted by atomic mass is 9.98. The Balaban J connectivity index is 2.10. The molecule has 7 heteroatoms. The van der Waals surface area contributed by atoms with Gasteiger partial charge >= 0.3 is 0 Å². The maximum atomic E-state index is 12.5. The van der Waals surface area contributed by atoms with Crippen LogP contribution in [-0.2, 0) is 26.0 Å². The number of carbonyl (C=O) groups is 1. The number of benzene rings is 1. The van der Waals surface area contributed by atoms with Crippen LogP contribution in [0.2, 0.25) is 0 Å². The Labute approximate surface area is 142 Å². The average Bonchev–Trinajstić information content (AvgIpc) is 2.44. The van der Waals surface area contributed by atoms with Crippen molar-refractivity contribution in [2.75, 3.05) is 25.2 Å². The SMILES string of the molecule is COCC(C)(C)CS(=O)(=O)NC(=O)C1SCCc2ccccc21. The molecule has 23 heavy (non-hydrogen) atoms. The first kappa shape index (κ1) is 18.3. The van der Waals surface area contributed by atoms with Gasteiger partial charge in [0, 0.05) is 12.5 Å². The number of aryl methyl sites for hydroxylation is 1. The maximum absolute atomic E-state index is 12.5. The summed E-state index contributed by atoms with van der Waals surface area (Å²) in [5.41, 5.74) is 1.47. The standard InChI is InChI=1S/C16H23NO4S2/c1-16(2,10-21-3)11-23(19,20)17-15(18)14-13-7-5-4-6-12(13)8-9-22-14/h4-7,14H,8-11H2,1-3H3,(H,17,18). The minimum Gasteiger partial charge on any atom is -0.384 e. The molecule has 1 heterocycles. The van der Waals surface area contributed by atoms with Crippen molar-refractivity contribution >= 4 is 27.7 Å². The Morgan fingerprint density at radius 2 is 2.09 bits per heavy atom. The number of amides is 1. The number of rotatable bonds is 6. The summed E-state index contributed by atoms with van der Waals surface area (Å²) in [7, 11) is -2.18. The highest BCUT2D eigenvalue weighted by Gasteiger charge is 2.32. The van der Waals surface area contributed by atoms with Gasteiger partial charge in [-0.1, -0.05) is 38.1 Å². The molecule has 1 amide bonds. The highest BCUT2D eigenvalue weighted by molar-refractivity contribution is 8.00. The van der Waals surface area contributed by atoms with Crippen molar-refractivity contribution in [3.05, 3.63) is 35.4 Å². The third kappa shape index (κ3) is 4.96. The van der Waals surface area contributed by atoms with Crippen LogP contribution in [0, 0.1) is 5.41 Å². The van der Waals surface area contributed by atoms with Crippen LogP contribution in [0.3, 0.4) is 0 Å². The minimum atomic E-state index is -3.71. The van der Waals surface area contributed by atoms with Crippen LogP contribution in [0.5, 0.6) is 0 Å². The zero-order valence-corrected chi connectivity index (χ0v) is 15.3. The zero-order chi connectivity index (χ0) is 17.1. The summed E-state index contributed by atoms with van der Waals surface area (Å²) in [4.78, 5) is 12.5. The van der Waals surface area contributed by atoms with Gasteiger partial charge in [-0.25, -0.2) is 8.42 Å². The molecule has 1 N–H and O–H groups in total. The summed E-state index contributed by atoms with van der Waals surface area (Å²) in [6.45, 7) is 3.90. The number of methoxy groups -OCH3 is 1. The second kappa shape index (κ2) is 7.23. The average molecular weight is 357 g/mol. The van der Waals surface area contributed by atoms with Crippen molar-refractivity contribution in [3.8, 4) is 0 Å². The van der Waals surface area contributed by atoms with E-state index in [-0.39, 0.29) is 5.75 Å². The highest BCUT2D eigenvalue weighted by Crippen LogP contribution is 2.36. The predicted octanol–water partition coefficient (Wildman–Crippen LogP) is 2.14. The molecule has 2 rings (SSSR count). The number of nitrogens with one attached hydrogen (secondary N) is 1. The number of hydrogen-bond donors (Lipinski definition) is 1. The van der Waals surface area contributed by atoms with Crippen molar-refractivity contribution in [2.45, 2.75) is 25.5 Å². The Hall–Kier alpha value is -1.05. The molecule has 1 aliphatic rings. The van der Waals surface area contributed by atoms with E-state index < -0.39 is 26.6 Å². The summed E-state index contributed by atoms with van der Waals surface area (Å²) in [6.07, 6.45) is 0.901. The van der Waals surface area contributed by atoms with Gasteiger partial charge in [-0.05, 0) is 23.3 Å². The molecule has 0 saturated carbocycles. The van der Waals surface area contributed by atoms with Gasteiger partial charge in [0.1, 0.15) is 5.25 Å². The molecule has 0 aliphatic carbocycles. The van der Waals surface area contributed by atoms with Gasteiger partial charge in [-0.15, -0.1) is 11.8 Å². The van der Waals surface area contributed by atoms with E-state index in [1.165, 1.54) is 18.9 Å². The van der Waals surface area contributed by atoms with E-state index in [2.05, 4.69) is 4.72 Å². The van der Waals surface area contributed by atoms with Crippen molar-refractivity contribution in [3.63, 3.8) is 0 Å². The van der Waals surface area contributed by atoms with Gasteiger partial charge < -0.3 is 4.74 Å². The minimum absolute atomic E-state index is 0.154. The van der Waals surface area contributed by atoms with Crippen molar-refractivity contribution in [2.24, 2.45) is 5.41 Å². The van der Waals surface area contributed by atoms with Gasteiger partial charge in [0.25, 0.3) is 5.91 Å². The van der Waals surface area contributed by atoms with E-state index in [9.17, 15) is 13.2 Å². The molecule has 0 spiro atoms. The fourth-order valence-electron chi connectivity index (χ4n) is 2.80. The largest absolute Gasteiger partial charge is 0.384 e. The number of ether oxygens (including phenoxy) is 1. The van der Waals surface area contributed by atoms with Gasteiger partial charge in [0.15, 0.2) is 0 Å². The monoisotopic (exact) mass is 357 g/mol. The molecular formula is C16H23NO4S2. The van der Waals surface area contributed by atoms with Gasteiger partial charge in [-0.3, -0.25) is 9.52 Å². The Morgan fingerprint density at radius 1 is 1.39 bits per heavy atom. The van der Waals surface area contributed by atoms with Crippen LogP contribution in [0.4, 0.5) is 0 Å². The summed E-state index contributed by atoms with van der Waals surface area (Å²) >= 11 is 1.48. The van der Waals surface area contributed by atoms with E-state index in [1.54, 1.807) is 13.8 Å². The Kier molecular flexibility index (Phi) is 5.75. The third-order valence-corrected chi connectivity index (χ3v) is 6.52. The van der Waals surface area contributed by atoms with Crippen molar-refractivity contribution in [1.82, 2.24) is 4.72 Å². The Morgan fingerprint density at radius 3 is 2.78 bits per heavy atom. The van der Waals surface area contributed by atoms with E-state index in [4.69, 9.17) is 4.74 Å². The normalized spacial score (nSPS) is 18.3. The first-order valence-electron chi connectivity index (χ1n) is 7.47. The van der Waals surface area contributed by atoms with E-state index >= 15 is 0 Å². The van der Waals surface area contributed by atoms with Crippen LogP contribution < -0.4 is 4.72 Å². The molecule has 1 aliphatic heterocycles. The topological polar surface area (TPSA) is 72.5 Å². The van der Waals surface area contributed by atoms with Crippen LogP contribution in [-0.4, -0.2) is 39.5 Å². The maximum Gasteiger partial charge on any atom is 0.251 e. The second-order valence-corrected chi connectivity index (χ2v) is 9.46. The number of thioether (sulfide) groups is 1. The van der Waals surface area contributed by atoms with Gasteiger partial charge in [-0.2, -0.15) is 0 Å². The van der Waals surface area contributed by atoms with E-state index in [1.807, 2.05) is 24.3 Å². The molecule has 128 valence electrons. The molecule has 1 atom stereocenters. The number of carbonyl (C=O) groups excluding carboxylic acids is 1. The lowest BCUT2D eigenvalue weighted by molar-refractivity contribution is -0.118. The summed E-state index contributed by atoms with van der Waals surface area (Å²) in [5.74, 6) is 0.193. The highest BCUT2D eigenvalue weighted by atomic mass is 32.2. The lowest BCUT2D eigenvalue weighted by Gasteiger charge is -2.26. The van der Waals surface area contributed by atoms with Gasteiger partial charge in [0.2, 0.25) is 10.0 Å². The molecule has 1 aromatic carbocycles. The van der Waals surface area contributed by atoms with Crippen LogP contribution in [0.15, 0.2) is 24.3 Å². The molecule has 0 saturated heterocycles. The first-order chi connectivity index (χ1) is 10.7. The van der Waals surface area contributed by atoms with E-state index in [0.717, 1.165) is 23.3 Å². The van der Waals surface area contributed by atoms with Gasteiger partial charge in [0.05, 0.1) is 12.4 Å². The number of fused-ring (bicyclic) bond motifs is 1. The number of hydrogen-bond acceptors (Lipinski definition) is 5. The second-order valence-electron chi connectivity index (χ2n) is 6.52. The molecule has 0 aromatic heterocycles. The number of sulfonamides is 1. The first-order valence-corrected chi connectivity index (χ1v) is 10.2. The molecular weight excluding hydrogens is 334 g/mol. The summed E-state index contributed by atoms with van der Waals surface area (Å²) < 4.78 is 31.9. The summed E-state index contributed by atoms with van der Waals surface area (Å²) in [6, 6.07) is 7.70. The fourth-order valence-corrected chi connectivity index (χ4v) is 5.68. The summed E-state index contributed by atoms with van der Waals surface area (Å²) in [5, 5.41) is -0.472. The fraction of sp³-hybridized carbons (Fsp3) is 0.562. The third-order valence-electron chi connectivity index (χ3n) is 3.60. The Bertz CT molecular complexity index is 670. The predicted molar refractivity (Wildman–Crippen MR) is 92.9 cm³/mol. The molecule has 0 fully saturated rings.